The highest BCUT2D eigenvalue weighted by Gasteiger charge is 2.38. The van der Waals surface area contributed by atoms with Crippen LogP contribution in [0.5, 0.6) is 0 Å². The minimum absolute atomic E-state index is 0.166. The Bertz CT molecular complexity index is 740. The summed E-state index contributed by atoms with van der Waals surface area (Å²) < 4.78 is 0. The molecule has 1 aliphatic rings. The summed E-state index contributed by atoms with van der Waals surface area (Å²) >= 11 is 0. The standard InChI is InChI=1S/C18H29N5O8/c1-8(2)14(20)17(29)23-5-3-4-11(23)16(28)21-9(7-13(25)26)15(27)22-10(18(30)31)6-12(19)24/h8-11,14H,3-7,20H2,1-2H3,(H2,19,24)(H,21,28)(H,22,27)(H,25,26)(H,30,31). The van der Waals surface area contributed by atoms with Crippen molar-refractivity contribution in [3.05, 3.63) is 0 Å². The number of hydrogen-bond donors (Lipinski definition) is 6. The predicted molar refractivity (Wildman–Crippen MR) is 105 cm³/mol. The largest absolute Gasteiger partial charge is 0.481 e. The molecule has 4 unspecified atom stereocenters. The van der Waals surface area contributed by atoms with E-state index in [4.69, 9.17) is 21.7 Å². The van der Waals surface area contributed by atoms with Crippen LogP contribution in [0, 0.1) is 5.92 Å². The van der Waals surface area contributed by atoms with Crippen LogP contribution in [0.4, 0.5) is 0 Å². The maximum Gasteiger partial charge on any atom is 0.326 e. The second-order valence-corrected chi connectivity index (χ2v) is 7.69. The Balaban J connectivity index is 2.95. The first-order valence-corrected chi connectivity index (χ1v) is 9.74. The third-order valence-corrected chi connectivity index (χ3v) is 4.87. The third-order valence-electron chi connectivity index (χ3n) is 4.87. The SMILES string of the molecule is CC(C)C(N)C(=O)N1CCCC1C(=O)NC(CC(=O)O)C(=O)NC(CC(N)=O)C(=O)O. The molecular formula is C18H29N5O8. The van der Waals surface area contributed by atoms with Gasteiger partial charge in [0.1, 0.15) is 18.1 Å². The average Bonchev–Trinajstić information content (AvgIpc) is 3.14. The first-order valence-electron chi connectivity index (χ1n) is 9.74. The van der Waals surface area contributed by atoms with Crippen molar-refractivity contribution in [2.24, 2.45) is 17.4 Å². The van der Waals surface area contributed by atoms with Crippen molar-refractivity contribution < 1.29 is 39.0 Å². The lowest BCUT2D eigenvalue weighted by atomic mass is 10.0. The van der Waals surface area contributed by atoms with Crippen LogP contribution in [0.3, 0.4) is 0 Å². The highest BCUT2D eigenvalue weighted by Crippen LogP contribution is 2.20. The third kappa shape index (κ3) is 7.51. The van der Waals surface area contributed by atoms with Gasteiger partial charge in [0.05, 0.1) is 18.9 Å². The van der Waals surface area contributed by atoms with Crippen LogP contribution in [0.25, 0.3) is 0 Å². The van der Waals surface area contributed by atoms with Gasteiger partial charge in [-0.2, -0.15) is 0 Å². The fourth-order valence-corrected chi connectivity index (χ4v) is 3.11. The number of aliphatic carboxylic acids is 2. The summed E-state index contributed by atoms with van der Waals surface area (Å²) in [7, 11) is 0. The van der Waals surface area contributed by atoms with Crippen LogP contribution >= 0.6 is 0 Å². The molecule has 4 amide bonds. The van der Waals surface area contributed by atoms with E-state index in [1.807, 2.05) is 5.32 Å². The molecule has 0 spiro atoms. The molecule has 0 saturated carbocycles. The highest BCUT2D eigenvalue weighted by atomic mass is 16.4. The number of carbonyl (C=O) groups excluding carboxylic acids is 4. The number of likely N-dealkylation sites (tertiary alicyclic amines) is 1. The van der Waals surface area contributed by atoms with Crippen LogP contribution in [0.15, 0.2) is 0 Å². The molecule has 13 nitrogen and oxygen atoms in total. The Kier molecular flexibility index (Phi) is 9.37. The molecule has 1 fully saturated rings. The normalized spacial score (nSPS) is 18.7. The topological polar surface area (TPSA) is 222 Å². The van der Waals surface area contributed by atoms with Crippen LogP contribution < -0.4 is 22.1 Å². The molecule has 1 rings (SSSR count). The van der Waals surface area contributed by atoms with Crippen LogP contribution in [0.1, 0.15) is 39.5 Å². The van der Waals surface area contributed by atoms with Gasteiger partial charge in [-0.3, -0.25) is 24.0 Å². The van der Waals surface area contributed by atoms with Gasteiger partial charge in [0.15, 0.2) is 0 Å². The Labute approximate surface area is 178 Å². The summed E-state index contributed by atoms with van der Waals surface area (Å²) in [6, 6.07) is -5.08. The number of primary amides is 1. The molecule has 1 heterocycles. The molecule has 0 aromatic rings. The van der Waals surface area contributed by atoms with E-state index >= 15 is 0 Å². The quantitative estimate of drug-likeness (QED) is 0.196. The van der Waals surface area contributed by atoms with Gasteiger partial charge in [0, 0.05) is 6.54 Å². The molecule has 0 aromatic heterocycles. The molecule has 1 aliphatic heterocycles. The van der Waals surface area contributed by atoms with Crippen LogP contribution in [0.2, 0.25) is 0 Å². The fraction of sp³-hybridized carbons (Fsp3) is 0.667. The van der Waals surface area contributed by atoms with Gasteiger partial charge in [0.25, 0.3) is 0 Å². The van der Waals surface area contributed by atoms with Crippen molar-refractivity contribution in [2.75, 3.05) is 6.54 Å². The number of carbonyl (C=O) groups is 6. The first-order chi connectivity index (χ1) is 14.3. The number of nitrogens with two attached hydrogens (primary N) is 2. The Morgan fingerprint density at radius 2 is 1.65 bits per heavy atom. The second-order valence-electron chi connectivity index (χ2n) is 7.69. The number of nitrogens with one attached hydrogen (secondary N) is 2. The van der Waals surface area contributed by atoms with Crippen molar-refractivity contribution in [1.82, 2.24) is 15.5 Å². The van der Waals surface area contributed by atoms with E-state index in [1.165, 1.54) is 4.90 Å². The lowest BCUT2D eigenvalue weighted by molar-refractivity contribution is -0.145. The monoisotopic (exact) mass is 443 g/mol. The van der Waals surface area contributed by atoms with E-state index in [0.29, 0.717) is 12.8 Å². The molecular weight excluding hydrogens is 414 g/mol. The van der Waals surface area contributed by atoms with Crippen LogP contribution in [-0.2, 0) is 28.8 Å². The Morgan fingerprint density at radius 3 is 2.13 bits per heavy atom. The number of rotatable bonds is 11. The first kappa shape index (κ1) is 25.8. The molecule has 174 valence electrons. The molecule has 13 heteroatoms. The molecule has 0 bridgehead atoms. The molecule has 8 N–H and O–H groups in total. The van der Waals surface area contributed by atoms with Gasteiger partial charge >= 0.3 is 11.9 Å². The van der Waals surface area contributed by atoms with E-state index in [-0.39, 0.29) is 12.5 Å². The predicted octanol–water partition coefficient (Wildman–Crippen LogP) is -2.63. The van der Waals surface area contributed by atoms with E-state index < -0.39 is 72.6 Å². The number of hydrogen-bond acceptors (Lipinski definition) is 7. The lowest BCUT2D eigenvalue weighted by Gasteiger charge is -2.29. The highest BCUT2D eigenvalue weighted by molar-refractivity contribution is 5.96. The van der Waals surface area contributed by atoms with E-state index in [2.05, 4.69) is 5.32 Å². The van der Waals surface area contributed by atoms with Gasteiger partial charge in [-0.05, 0) is 18.8 Å². The summed E-state index contributed by atoms with van der Waals surface area (Å²) in [5.74, 6) is -6.44. The summed E-state index contributed by atoms with van der Waals surface area (Å²) in [6.45, 7) is 3.80. The number of carboxylic acids is 2. The van der Waals surface area contributed by atoms with Gasteiger partial charge < -0.3 is 37.2 Å². The van der Waals surface area contributed by atoms with Gasteiger partial charge in [-0.15, -0.1) is 0 Å². The van der Waals surface area contributed by atoms with E-state index in [9.17, 15) is 28.8 Å². The number of nitrogens with zero attached hydrogens (tertiary/aromatic N) is 1. The molecule has 0 aliphatic carbocycles. The van der Waals surface area contributed by atoms with Gasteiger partial charge in [-0.25, -0.2) is 4.79 Å². The summed E-state index contributed by atoms with van der Waals surface area (Å²) in [6.07, 6.45) is -0.743. The molecule has 1 saturated heterocycles. The summed E-state index contributed by atoms with van der Waals surface area (Å²) in [4.78, 5) is 72.4. The molecule has 31 heavy (non-hydrogen) atoms. The minimum atomic E-state index is -1.69. The summed E-state index contributed by atoms with van der Waals surface area (Å²) in [5, 5.41) is 22.4. The van der Waals surface area contributed by atoms with E-state index in [0.717, 1.165) is 0 Å². The Hall–Kier alpha value is -3.22. The van der Waals surface area contributed by atoms with Crippen LogP contribution in [-0.4, -0.2) is 81.4 Å². The van der Waals surface area contributed by atoms with Crippen molar-refractivity contribution in [2.45, 2.75) is 63.7 Å². The number of amides is 4. The minimum Gasteiger partial charge on any atom is -0.481 e. The second kappa shape index (κ2) is 11.2. The maximum atomic E-state index is 12.7. The fourth-order valence-electron chi connectivity index (χ4n) is 3.11. The lowest BCUT2D eigenvalue weighted by Crippen LogP contribution is -2.57. The number of carboxylic acid groups (broad SMARTS) is 2. The zero-order valence-electron chi connectivity index (χ0n) is 17.4. The average molecular weight is 443 g/mol. The maximum absolute atomic E-state index is 12.7. The van der Waals surface area contributed by atoms with Crippen molar-refractivity contribution >= 4 is 35.6 Å². The molecule has 0 radical (unpaired) electrons. The Morgan fingerprint density at radius 1 is 1.03 bits per heavy atom. The van der Waals surface area contributed by atoms with Crippen molar-refractivity contribution in [1.29, 1.82) is 0 Å². The van der Waals surface area contributed by atoms with Gasteiger partial charge in [0.2, 0.25) is 23.6 Å². The van der Waals surface area contributed by atoms with Crippen molar-refractivity contribution in [3.8, 4) is 0 Å². The van der Waals surface area contributed by atoms with E-state index in [1.54, 1.807) is 13.8 Å². The van der Waals surface area contributed by atoms with Gasteiger partial charge in [-0.1, -0.05) is 13.8 Å². The zero-order chi connectivity index (χ0) is 23.9. The molecule has 4 atom stereocenters. The van der Waals surface area contributed by atoms with Crippen molar-refractivity contribution in [3.63, 3.8) is 0 Å². The smallest absolute Gasteiger partial charge is 0.326 e. The molecule has 0 aromatic carbocycles. The zero-order valence-corrected chi connectivity index (χ0v) is 17.4. The summed E-state index contributed by atoms with van der Waals surface area (Å²) in [5.41, 5.74) is 10.8.